The molecule has 30 heavy (non-hydrogen) atoms. The van der Waals surface area contributed by atoms with Gasteiger partial charge < -0.3 is 36.8 Å². The number of carbonyl (C=O) groups excluding carboxylic acids is 1. The highest BCUT2D eigenvalue weighted by atomic mass is 16.5. The van der Waals surface area contributed by atoms with Gasteiger partial charge in [0, 0.05) is 6.42 Å². The molecule has 0 saturated carbocycles. The molecule has 0 aliphatic carbocycles. The van der Waals surface area contributed by atoms with Crippen LogP contribution in [-0.2, 0) is 25.6 Å². The second kappa shape index (κ2) is 12.5. The molecule has 2 unspecified atom stereocenters. The normalized spacial score (nSPS) is 17.2. The van der Waals surface area contributed by atoms with Crippen molar-refractivity contribution in [2.24, 2.45) is 11.5 Å². The van der Waals surface area contributed by atoms with E-state index in [2.05, 4.69) is 5.32 Å². The van der Waals surface area contributed by atoms with Crippen LogP contribution in [0.5, 0.6) is 5.75 Å². The van der Waals surface area contributed by atoms with E-state index in [1.807, 2.05) is 0 Å². The summed E-state index contributed by atoms with van der Waals surface area (Å²) >= 11 is 0. The Kier molecular flexibility index (Phi) is 10.4. The lowest BCUT2D eigenvalue weighted by Gasteiger charge is -2.11. The topological polar surface area (TPSA) is 202 Å². The molecule has 1 aliphatic rings. The van der Waals surface area contributed by atoms with Crippen molar-refractivity contribution < 1.29 is 39.2 Å². The zero-order valence-electron chi connectivity index (χ0n) is 16.3. The van der Waals surface area contributed by atoms with E-state index in [-0.39, 0.29) is 31.1 Å². The van der Waals surface area contributed by atoms with Gasteiger partial charge in [-0.2, -0.15) is 0 Å². The van der Waals surface area contributed by atoms with Gasteiger partial charge in [0.2, 0.25) is 0 Å². The third-order valence-corrected chi connectivity index (χ3v) is 4.24. The van der Waals surface area contributed by atoms with Crippen LogP contribution < -0.4 is 21.5 Å². The van der Waals surface area contributed by atoms with Crippen LogP contribution in [0, 0.1) is 0 Å². The molecule has 2 rings (SSSR count). The van der Waals surface area contributed by atoms with E-state index in [1.54, 1.807) is 12.1 Å². The fraction of sp³-hybridized carbons (Fsp3) is 0.474. The summed E-state index contributed by atoms with van der Waals surface area (Å²) in [5, 5.41) is 28.4. The van der Waals surface area contributed by atoms with Gasteiger partial charge >= 0.3 is 23.9 Å². The van der Waals surface area contributed by atoms with E-state index in [0.717, 1.165) is 19.4 Å². The van der Waals surface area contributed by atoms with Crippen LogP contribution in [0.15, 0.2) is 24.3 Å². The lowest BCUT2D eigenvalue weighted by atomic mass is 10.1. The minimum absolute atomic E-state index is 0.0142. The third kappa shape index (κ3) is 9.45. The van der Waals surface area contributed by atoms with Gasteiger partial charge in [0.05, 0.1) is 0 Å². The molecule has 8 N–H and O–H groups in total. The predicted octanol–water partition coefficient (Wildman–Crippen LogP) is -0.438. The molecule has 1 aromatic rings. The number of hydrogen-bond acceptors (Lipinski definition) is 8. The summed E-state index contributed by atoms with van der Waals surface area (Å²) in [6.45, 7) is 0.858. The maximum Gasteiger partial charge on any atom is 0.328 e. The van der Waals surface area contributed by atoms with E-state index in [0.29, 0.717) is 5.56 Å². The number of nitrogens with one attached hydrogen (secondary N) is 1. The highest BCUT2D eigenvalue weighted by Gasteiger charge is 2.20. The van der Waals surface area contributed by atoms with Crippen molar-refractivity contribution in [1.82, 2.24) is 5.32 Å². The summed E-state index contributed by atoms with van der Waals surface area (Å²) in [7, 11) is 0. The highest BCUT2D eigenvalue weighted by Crippen LogP contribution is 2.14. The zero-order valence-corrected chi connectivity index (χ0v) is 16.3. The molecule has 0 radical (unpaired) electrons. The van der Waals surface area contributed by atoms with Gasteiger partial charge in [-0.15, -0.1) is 0 Å². The molecule has 0 spiro atoms. The zero-order chi connectivity index (χ0) is 22.7. The molecule has 11 heteroatoms. The first kappa shape index (κ1) is 25.0. The van der Waals surface area contributed by atoms with E-state index < -0.39 is 36.0 Å². The van der Waals surface area contributed by atoms with Crippen LogP contribution in [0.4, 0.5) is 0 Å². The Morgan fingerprint density at radius 1 is 1.07 bits per heavy atom. The Balaban J connectivity index is 0.000000467. The average Bonchev–Trinajstić information content (AvgIpc) is 3.23. The summed E-state index contributed by atoms with van der Waals surface area (Å²) in [6.07, 6.45) is 1.70. The monoisotopic (exact) mass is 425 g/mol. The molecule has 1 saturated heterocycles. The molecule has 0 amide bonds. The Bertz CT molecular complexity index is 732. The van der Waals surface area contributed by atoms with Gasteiger partial charge in [0.25, 0.3) is 0 Å². The SMILES string of the molecule is NC(Cc1ccc(OC(=O)C(N)CCC(=O)O)cc1)C(=O)O.O=C(O)[C@@H]1CCCN1. The number of benzene rings is 1. The molecule has 166 valence electrons. The number of carboxylic acids is 3. The predicted molar refractivity (Wildman–Crippen MR) is 105 cm³/mol. The van der Waals surface area contributed by atoms with Crippen molar-refractivity contribution in [2.75, 3.05) is 6.54 Å². The van der Waals surface area contributed by atoms with E-state index >= 15 is 0 Å². The maximum atomic E-state index is 11.6. The summed E-state index contributed by atoms with van der Waals surface area (Å²) in [5.74, 6) is -3.34. The first-order valence-corrected chi connectivity index (χ1v) is 9.32. The van der Waals surface area contributed by atoms with Crippen LogP contribution in [0.3, 0.4) is 0 Å². The van der Waals surface area contributed by atoms with Gasteiger partial charge in [-0.1, -0.05) is 12.1 Å². The van der Waals surface area contributed by atoms with Crippen molar-refractivity contribution in [3.05, 3.63) is 29.8 Å². The van der Waals surface area contributed by atoms with Crippen molar-refractivity contribution in [3.8, 4) is 5.75 Å². The molecule has 1 heterocycles. The molecule has 1 aliphatic heterocycles. The molecule has 3 atom stereocenters. The molecule has 0 aromatic heterocycles. The fourth-order valence-electron chi connectivity index (χ4n) is 2.52. The average molecular weight is 425 g/mol. The van der Waals surface area contributed by atoms with Crippen LogP contribution >= 0.6 is 0 Å². The van der Waals surface area contributed by atoms with Crippen LogP contribution in [0.2, 0.25) is 0 Å². The molecular weight excluding hydrogens is 398 g/mol. The highest BCUT2D eigenvalue weighted by molar-refractivity contribution is 5.79. The summed E-state index contributed by atoms with van der Waals surface area (Å²) in [6, 6.07) is 3.88. The number of aliphatic carboxylic acids is 3. The number of esters is 1. The Morgan fingerprint density at radius 2 is 1.70 bits per heavy atom. The standard InChI is InChI=1S/C14H18N2O6.C5H9NO2/c15-10(5-6-12(17)18)14(21)22-9-3-1-8(2-4-9)7-11(16)13(19)20;7-5(8)4-2-1-3-6-4/h1-4,10-11H,5-7,15-16H2,(H,17,18)(H,19,20);4,6H,1-3H2,(H,7,8)/t;4-/m.0/s1. The fourth-order valence-corrected chi connectivity index (χ4v) is 2.52. The quantitative estimate of drug-likeness (QED) is 0.221. The summed E-state index contributed by atoms with van der Waals surface area (Å²) in [5.41, 5.74) is 11.6. The second-order valence-electron chi connectivity index (χ2n) is 6.74. The minimum atomic E-state index is -1.10. The third-order valence-electron chi connectivity index (χ3n) is 4.24. The number of nitrogens with two attached hydrogens (primary N) is 2. The number of carbonyl (C=O) groups is 4. The summed E-state index contributed by atoms with van der Waals surface area (Å²) < 4.78 is 5.01. The molecule has 1 fully saturated rings. The second-order valence-corrected chi connectivity index (χ2v) is 6.74. The largest absolute Gasteiger partial charge is 0.481 e. The first-order chi connectivity index (χ1) is 14.1. The number of rotatable bonds is 9. The number of hydrogen-bond donors (Lipinski definition) is 6. The van der Waals surface area contributed by atoms with Gasteiger partial charge in [-0.25, -0.2) is 4.79 Å². The lowest BCUT2D eigenvalue weighted by Crippen LogP contribution is -2.34. The van der Waals surface area contributed by atoms with Crippen molar-refractivity contribution in [3.63, 3.8) is 0 Å². The van der Waals surface area contributed by atoms with E-state index in [1.165, 1.54) is 12.1 Å². The van der Waals surface area contributed by atoms with Crippen LogP contribution in [0.1, 0.15) is 31.2 Å². The number of ether oxygens (including phenoxy) is 1. The Morgan fingerprint density at radius 3 is 2.13 bits per heavy atom. The number of carboxylic acid groups (broad SMARTS) is 3. The van der Waals surface area contributed by atoms with Gasteiger partial charge in [-0.05, 0) is 49.9 Å². The molecule has 0 bridgehead atoms. The van der Waals surface area contributed by atoms with Gasteiger partial charge in [-0.3, -0.25) is 14.4 Å². The smallest absolute Gasteiger partial charge is 0.328 e. The Labute approximate surface area is 173 Å². The molecule has 1 aromatic carbocycles. The minimum Gasteiger partial charge on any atom is -0.481 e. The summed E-state index contributed by atoms with van der Waals surface area (Å²) in [4.78, 5) is 42.8. The molecule has 11 nitrogen and oxygen atoms in total. The Hall–Kier alpha value is -3.02. The van der Waals surface area contributed by atoms with Crippen LogP contribution in [-0.4, -0.2) is 63.9 Å². The van der Waals surface area contributed by atoms with Crippen molar-refractivity contribution >= 4 is 23.9 Å². The van der Waals surface area contributed by atoms with E-state index in [4.69, 9.17) is 31.5 Å². The van der Waals surface area contributed by atoms with Crippen molar-refractivity contribution in [2.45, 2.75) is 50.2 Å². The van der Waals surface area contributed by atoms with Crippen LogP contribution in [0.25, 0.3) is 0 Å². The molecular formula is C19H27N3O8. The van der Waals surface area contributed by atoms with Crippen molar-refractivity contribution in [1.29, 1.82) is 0 Å². The lowest BCUT2D eigenvalue weighted by molar-refractivity contribution is -0.140. The van der Waals surface area contributed by atoms with E-state index in [9.17, 15) is 19.2 Å². The van der Waals surface area contributed by atoms with Gasteiger partial charge in [0.1, 0.15) is 23.9 Å². The first-order valence-electron chi connectivity index (χ1n) is 9.32. The maximum absolute atomic E-state index is 11.6. The van der Waals surface area contributed by atoms with Gasteiger partial charge in [0.15, 0.2) is 0 Å².